The van der Waals surface area contributed by atoms with Gasteiger partial charge in [0.1, 0.15) is 6.54 Å². The highest BCUT2D eigenvalue weighted by molar-refractivity contribution is 7.13. The molecule has 5 rings (SSSR count). The van der Waals surface area contributed by atoms with Gasteiger partial charge in [-0.2, -0.15) is 31.4 Å². The zero-order valence-corrected chi connectivity index (χ0v) is 22.0. The second kappa shape index (κ2) is 10.0. The minimum absolute atomic E-state index is 0.00545. The molecular weight excluding hydrogens is 546 g/mol. The van der Waals surface area contributed by atoms with Crippen molar-refractivity contribution in [3.05, 3.63) is 57.9 Å². The highest BCUT2D eigenvalue weighted by Crippen LogP contribution is 2.42. The average Bonchev–Trinajstić information content (AvgIpc) is 3.52. The van der Waals surface area contributed by atoms with E-state index < -0.39 is 23.6 Å². The molecule has 0 radical (unpaired) electrons. The maximum absolute atomic E-state index is 13.9. The molecule has 0 spiro atoms. The van der Waals surface area contributed by atoms with E-state index in [0.29, 0.717) is 30.9 Å². The summed E-state index contributed by atoms with van der Waals surface area (Å²) in [5, 5.41) is 5.19. The summed E-state index contributed by atoms with van der Waals surface area (Å²) in [6, 6.07) is 4.11. The number of benzene rings is 1. The third kappa shape index (κ3) is 5.43. The van der Waals surface area contributed by atoms with Crippen LogP contribution >= 0.6 is 11.3 Å². The number of anilines is 2. The Balaban J connectivity index is 1.40. The summed E-state index contributed by atoms with van der Waals surface area (Å²) in [6.07, 6.45) is -7.51. The van der Waals surface area contributed by atoms with E-state index in [2.05, 4.69) is 10.1 Å². The third-order valence-corrected chi connectivity index (χ3v) is 8.15. The van der Waals surface area contributed by atoms with E-state index in [9.17, 15) is 31.1 Å². The lowest BCUT2D eigenvalue weighted by molar-refractivity contribution is -0.141. The molecule has 1 amide bonds. The van der Waals surface area contributed by atoms with Crippen molar-refractivity contribution in [3.8, 4) is 0 Å². The van der Waals surface area contributed by atoms with Crippen molar-refractivity contribution in [2.75, 3.05) is 36.0 Å². The van der Waals surface area contributed by atoms with Crippen LogP contribution in [0.25, 0.3) is 0 Å². The summed E-state index contributed by atoms with van der Waals surface area (Å²) in [4.78, 5) is 22.0. The maximum Gasteiger partial charge on any atom is 0.434 e. The molecule has 39 heavy (non-hydrogen) atoms. The Morgan fingerprint density at radius 3 is 2.41 bits per heavy atom. The zero-order valence-electron chi connectivity index (χ0n) is 21.2. The molecule has 0 saturated carbocycles. The van der Waals surface area contributed by atoms with Gasteiger partial charge in [0.15, 0.2) is 10.8 Å². The summed E-state index contributed by atoms with van der Waals surface area (Å²) < 4.78 is 82.6. The third-order valence-electron chi connectivity index (χ3n) is 7.25. The molecule has 0 N–H and O–H groups in total. The van der Waals surface area contributed by atoms with Crippen molar-refractivity contribution in [3.63, 3.8) is 0 Å². The first-order chi connectivity index (χ1) is 18.3. The maximum atomic E-state index is 13.9. The van der Waals surface area contributed by atoms with Crippen LogP contribution in [0, 0.1) is 6.92 Å². The number of halogens is 6. The van der Waals surface area contributed by atoms with Gasteiger partial charge in [-0.25, -0.2) is 4.98 Å². The molecule has 2 aliphatic heterocycles. The van der Waals surface area contributed by atoms with Crippen LogP contribution in [-0.2, 0) is 36.7 Å². The highest BCUT2D eigenvalue weighted by atomic mass is 32.1. The van der Waals surface area contributed by atoms with Crippen molar-refractivity contribution in [1.82, 2.24) is 19.7 Å². The fourth-order valence-corrected chi connectivity index (χ4v) is 6.11. The standard InChI is InChI=1S/C25H26F6N6OS/c1-15-5-7-32-37(15)13-22(38)36-10-9-34(11-16(36)2)20-4-3-19(24(26,27)28)17-6-8-35(12-18(17)20)23-33-21(14-39-23)25(29,30)31/h3-5,7,14,16H,6,8-13H2,1-2H3. The SMILES string of the molecule is Cc1ccnn1CC(=O)N1CCN(c2ccc(C(F)(F)F)c3c2CN(c2nc(C(F)(F)F)cs2)CC3)CC1C. The Kier molecular flexibility index (Phi) is 7.02. The Hall–Kier alpha value is -3.29. The van der Waals surface area contributed by atoms with Gasteiger partial charge >= 0.3 is 12.4 Å². The van der Waals surface area contributed by atoms with E-state index in [0.717, 1.165) is 28.5 Å². The number of rotatable bonds is 4. The van der Waals surface area contributed by atoms with Crippen LogP contribution in [-0.4, -0.2) is 57.8 Å². The molecule has 2 aliphatic rings. The zero-order chi connectivity index (χ0) is 28.1. The lowest BCUT2D eigenvalue weighted by Crippen LogP contribution is -2.55. The van der Waals surface area contributed by atoms with Gasteiger partial charge in [0, 0.05) is 61.7 Å². The van der Waals surface area contributed by atoms with Gasteiger partial charge in [0.25, 0.3) is 0 Å². The molecular formula is C25H26F6N6OS. The number of alkyl halides is 6. The van der Waals surface area contributed by atoms with E-state index in [4.69, 9.17) is 0 Å². The van der Waals surface area contributed by atoms with E-state index >= 15 is 0 Å². The van der Waals surface area contributed by atoms with E-state index in [-0.39, 0.29) is 48.7 Å². The number of aryl methyl sites for hydroxylation is 1. The molecule has 1 fully saturated rings. The number of carbonyl (C=O) groups is 1. The molecule has 1 aromatic carbocycles. The van der Waals surface area contributed by atoms with Crippen LogP contribution < -0.4 is 9.80 Å². The first kappa shape index (κ1) is 27.3. The van der Waals surface area contributed by atoms with Crippen LogP contribution in [0.5, 0.6) is 0 Å². The number of carbonyl (C=O) groups excluding carboxylic acids is 1. The second-order valence-corrected chi connectivity index (χ2v) is 10.6. The van der Waals surface area contributed by atoms with E-state index in [1.54, 1.807) is 26.7 Å². The van der Waals surface area contributed by atoms with Crippen LogP contribution in [0.3, 0.4) is 0 Å². The van der Waals surface area contributed by atoms with Crippen LogP contribution in [0.4, 0.5) is 37.2 Å². The lowest BCUT2D eigenvalue weighted by Gasteiger charge is -2.43. The first-order valence-corrected chi connectivity index (χ1v) is 13.2. The van der Waals surface area contributed by atoms with Gasteiger partial charge in [-0.15, -0.1) is 11.3 Å². The van der Waals surface area contributed by atoms with Crippen molar-refractivity contribution >= 4 is 28.1 Å². The van der Waals surface area contributed by atoms with Crippen LogP contribution in [0.1, 0.15) is 35.0 Å². The molecule has 1 saturated heterocycles. The number of nitrogens with zero attached hydrogens (tertiary/aromatic N) is 6. The summed E-state index contributed by atoms with van der Waals surface area (Å²) in [6.45, 7) is 5.15. The quantitative estimate of drug-likeness (QED) is 0.413. The van der Waals surface area contributed by atoms with Crippen molar-refractivity contribution in [2.45, 2.75) is 51.8 Å². The van der Waals surface area contributed by atoms with Crippen molar-refractivity contribution in [1.29, 1.82) is 0 Å². The molecule has 1 atom stereocenters. The summed E-state index contributed by atoms with van der Waals surface area (Å²) >= 11 is 0.823. The Bertz CT molecular complexity index is 1370. The van der Waals surface area contributed by atoms with Crippen molar-refractivity contribution < 1.29 is 31.1 Å². The van der Waals surface area contributed by atoms with E-state index in [1.807, 2.05) is 18.7 Å². The smallest absolute Gasteiger partial charge is 0.367 e. The normalized spacial score (nSPS) is 18.5. The van der Waals surface area contributed by atoms with Crippen LogP contribution in [0.2, 0.25) is 0 Å². The number of piperazine rings is 1. The number of thiazole rings is 1. The molecule has 0 aliphatic carbocycles. The predicted octanol–water partition coefficient (Wildman–Crippen LogP) is 4.99. The van der Waals surface area contributed by atoms with Crippen molar-refractivity contribution in [2.24, 2.45) is 0 Å². The van der Waals surface area contributed by atoms with Gasteiger partial charge in [0.2, 0.25) is 5.91 Å². The largest absolute Gasteiger partial charge is 0.434 e. The number of aromatic nitrogens is 3. The molecule has 4 heterocycles. The second-order valence-electron chi connectivity index (χ2n) is 9.78. The summed E-state index contributed by atoms with van der Waals surface area (Å²) in [5.41, 5.74) is 0.295. The molecule has 14 heteroatoms. The summed E-state index contributed by atoms with van der Waals surface area (Å²) in [7, 11) is 0. The molecule has 7 nitrogen and oxygen atoms in total. The van der Waals surface area contributed by atoms with Gasteiger partial charge in [0.05, 0.1) is 5.56 Å². The molecule has 210 valence electrons. The Labute approximate surface area is 224 Å². The number of amides is 1. The lowest BCUT2D eigenvalue weighted by atomic mass is 9.91. The first-order valence-electron chi connectivity index (χ1n) is 12.4. The number of fused-ring (bicyclic) bond motifs is 1. The molecule has 0 bridgehead atoms. The van der Waals surface area contributed by atoms with E-state index in [1.165, 1.54) is 6.07 Å². The highest BCUT2D eigenvalue weighted by Gasteiger charge is 2.39. The fraction of sp³-hybridized carbons (Fsp3) is 0.480. The van der Waals surface area contributed by atoms with Crippen LogP contribution in [0.15, 0.2) is 29.8 Å². The van der Waals surface area contributed by atoms with Gasteiger partial charge < -0.3 is 14.7 Å². The summed E-state index contributed by atoms with van der Waals surface area (Å²) in [5.74, 6) is -0.0983. The molecule has 3 aromatic rings. The van der Waals surface area contributed by atoms with Gasteiger partial charge in [-0.05, 0) is 49.6 Å². The predicted molar refractivity (Wildman–Crippen MR) is 134 cm³/mol. The Morgan fingerprint density at radius 1 is 1.03 bits per heavy atom. The van der Waals surface area contributed by atoms with Gasteiger partial charge in [-0.1, -0.05) is 0 Å². The minimum atomic E-state index is -4.60. The van der Waals surface area contributed by atoms with Gasteiger partial charge in [-0.3, -0.25) is 9.48 Å². The fourth-order valence-electron chi connectivity index (χ4n) is 5.25. The average molecular weight is 573 g/mol. The number of hydrogen-bond acceptors (Lipinski definition) is 6. The minimum Gasteiger partial charge on any atom is -0.367 e. The topological polar surface area (TPSA) is 57.5 Å². The Morgan fingerprint density at radius 2 is 1.79 bits per heavy atom. The monoisotopic (exact) mass is 572 g/mol. The number of hydrogen-bond donors (Lipinski definition) is 0. The molecule has 2 aromatic heterocycles. The molecule has 1 unspecified atom stereocenters.